The van der Waals surface area contributed by atoms with Crippen LogP contribution in [0.2, 0.25) is 0 Å². The Hall–Kier alpha value is -3.21. The van der Waals surface area contributed by atoms with Crippen molar-refractivity contribution in [3.63, 3.8) is 0 Å². The van der Waals surface area contributed by atoms with Crippen molar-refractivity contribution < 1.29 is 18.7 Å². The molecule has 5 nitrogen and oxygen atoms in total. The average molecular weight is 393 g/mol. The number of furan rings is 1. The van der Waals surface area contributed by atoms with E-state index in [2.05, 4.69) is 5.32 Å². The van der Waals surface area contributed by atoms with Crippen LogP contribution in [0.1, 0.15) is 29.4 Å². The predicted molar refractivity (Wildman–Crippen MR) is 116 cm³/mol. The normalized spacial score (nSPS) is 11.6. The van der Waals surface area contributed by atoms with Gasteiger partial charge in [-0.2, -0.15) is 0 Å². The second-order valence-corrected chi connectivity index (χ2v) is 7.01. The van der Waals surface area contributed by atoms with Crippen molar-refractivity contribution in [2.24, 2.45) is 0 Å². The number of carbonyl (C=O) groups excluding carboxylic acids is 1. The van der Waals surface area contributed by atoms with Crippen molar-refractivity contribution in [2.75, 3.05) is 20.8 Å². The third-order valence-electron chi connectivity index (χ3n) is 5.16. The Balaban J connectivity index is 1.74. The molecule has 3 rings (SSSR count). The summed E-state index contributed by atoms with van der Waals surface area (Å²) >= 11 is 0. The van der Waals surface area contributed by atoms with Crippen LogP contribution in [0.15, 0.2) is 46.9 Å². The summed E-state index contributed by atoms with van der Waals surface area (Å²) in [6.07, 6.45) is 2.31. The maximum absolute atomic E-state index is 12.4. The maximum Gasteiger partial charge on any atom is 0.244 e. The molecule has 2 aromatic carbocycles. The van der Waals surface area contributed by atoms with Gasteiger partial charge in [0.05, 0.1) is 14.2 Å². The van der Waals surface area contributed by atoms with Crippen molar-refractivity contribution in [2.45, 2.75) is 27.2 Å². The van der Waals surface area contributed by atoms with Gasteiger partial charge in [0.25, 0.3) is 0 Å². The zero-order valence-electron chi connectivity index (χ0n) is 17.6. The number of aryl methyl sites for hydroxylation is 2. The monoisotopic (exact) mass is 393 g/mol. The molecule has 0 aliphatic rings. The zero-order chi connectivity index (χ0) is 21.0. The lowest BCUT2D eigenvalue weighted by molar-refractivity contribution is -0.116. The molecule has 0 aliphatic carbocycles. The lowest BCUT2D eigenvalue weighted by atomic mass is 10.0. The Labute approximate surface area is 171 Å². The Morgan fingerprint density at radius 3 is 2.55 bits per heavy atom. The molecule has 1 amide bonds. The van der Waals surface area contributed by atoms with Crippen LogP contribution in [0.25, 0.3) is 16.5 Å². The van der Waals surface area contributed by atoms with Gasteiger partial charge >= 0.3 is 0 Å². The van der Waals surface area contributed by atoms with Gasteiger partial charge < -0.3 is 19.2 Å². The van der Waals surface area contributed by atoms with Crippen molar-refractivity contribution in [3.8, 4) is 11.5 Å². The van der Waals surface area contributed by atoms with Crippen LogP contribution < -0.4 is 14.8 Å². The summed E-state index contributed by atoms with van der Waals surface area (Å²) < 4.78 is 16.7. The minimum Gasteiger partial charge on any atom is -0.496 e. The van der Waals surface area contributed by atoms with Gasteiger partial charge in [-0.3, -0.25) is 4.79 Å². The third kappa shape index (κ3) is 4.45. The second-order valence-electron chi connectivity index (χ2n) is 7.01. The lowest BCUT2D eigenvalue weighted by Crippen LogP contribution is -2.24. The molecule has 0 saturated heterocycles. The molecule has 0 saturated carbocycles. The van der Waals surface area contributed by atoms with Gasteiger partial charge in [0.15, 0.2) is 0 Å². The molecule has 0 spiro atoms. The zero-order valence-corrected chi connectivity index (χ0v) is 17.6. The molecule has 0 bridgehead atoms. The van der Waals surface area contributed by atoms with Crippen LogP contribution in [-0.4, -0.2) is 26.7 Å². The molecule has 0 fully saturated rings. The predicted octanol–water partition coefficient (Wildman–Crippen LogP) is 4.83. The Bertz CT molecular complexity index is 1060. The number of allylic oxidation sites excluding steroid dienone is 1. The Kier molecular flexibility index (Phi) is 6.27. The van der Waals surface area contributed by atoms with E-state index < -0.39 is 0 Å². The van der Waals surface area contributed by atoms with Gasteiger partial charge in [0.2, 0.25) is 5.91 Å². The first-order valence-electron chi connectivity index (χ1n) is 9.60. The molecule has 1 N–H and O–H groups in total. The smallest absolute Gasteiger partial charge is 0.244 e. The summed E-state index contributed by atoms with van der Waals surface area (Å²) in [5.74, 6) is 2.26. The van der Waals surface area contributed by atoms with Crippen LogP contribution in [0.5, 0.6) is 11.5 Å². The first-order chi connectivity index (χ1) is 13.9. The topological polar surface area (TPSA) is 60.7 Å². The van der Waals surface area contributed by atoms with E-state index in [1.165, 1.54) is 0 Å². The van der Waals surface area contributed by atoms with Crippen molar-refractivity contribution in [1.29, 1.82) is 0 Å². The molecule has 29 heavy (non-hydrogen) atoms. The summed E-state index contributed by atoms with van der Waals surface area (Å²) in [5.41, 5.74) is 4.65. The Morgan fingerprint density at radius 2 is 1.83 bits per heavy atom. The second kappa shape index (κ2) is 8.86. The van der Waals surface area contributed by atoms with E-state index in [0.29, 0.717) is 18.7 Å². The number of fused-ring (bicyclic) bond motifs is 1. The molecule has 0 aliphatic heterocycles. The van der Waals surface area contributed by atoms with Crippen molar-refractivity contribution >= 4 is 22.4 Å². The van der Waals surface area contributed by atoms with E-state index in [4.69, 9.17) is 13.9 Å². The van der Waals surface area contributed by atoms with Gasteiger partial charge in [-0.25, -0.2) is 0 Å². The van der Waals surface area contributed by atoms with Gasteiger partial charge in [-0.05, 0) is 56.0 Å². The van der Waals surface area contributed by atoms with Crippen LogP contribution in [0.4, 0.5) is 0 Å². The fraction of sp³-hybridized carbons (Fsp3) is 0.292. The van der Waals surface area contributed by atoms with E-state index in [1.54, 1.807) is 20.3 Å². The molecule has 0 atom stereocenters. The number of para-hydroxylation sites is 1. The SMILES string of the molecule is COc1ccccc1CCNC(=O)/C=C(\C)c1cc2c(C)c(C)oc2cc1OC. The van der Waals surface area contributed by atoms with Crippen molar-refractivity contribution in [1.82, 2.24) is 5.32 Å². The minimum atomic E-state index is -0.139. The first-order valence-corrected chi connectivity index (χ1v) is 9.60. The highest BCUT2D eigenvalue weighted by Crippen LogP contribution is 2.34. The van der Waals surface area contributed by atoms with Crippen molar-refractivity contribution in [3.05, 3.63) is 64.9 Å². The van der Waals surface area contributed by atoms with E-state index in [9.17, 15) is 4.79 Å². The summed E-state index contributed by atoms with van der Waals surface area (Å²) in [5, 5.41) is 3.97. The molecule has 3 aromatic rings. The number of hydrogen-bond acceptors (Lipinski definition) is 4. The molecule has 0 radical (unpaired) electrons. The number of benzene rings is 2. The number of methoxy groups -OCH3 is 2. The largest absolute Gasteiger partial charge is 0.496 e. The van der Waals surface area contributed by atoms with Crippen LogP contribution in [0.3, 0.4) is 0 Å². The molecule has 152 valence electrons. The number of hydrogen-bond donors (Lipinski definition) is 1. The van der Waals surface area contributed by atoms with Crippen LogP contribution >= 0.6 is 0 Å². The molecule has 5 heteroatoms. The van der Waals surface area contributed by atoms with E-state index in [-0.39, 0.29) is 5.91 Å². The molecular formula is C24H27NO4. The third-order valence-corrected chi connectivity index (χ3v) is 5.16. The molecule has 1 aromatic heterocycles. The highest BCUT2D eigenvalue weighted by molar-refractivity contribution is 5.97. The lowest BCUT2D eigenvalue weighted by Gasteiger charge is -2.10. The van der Waals surface area contributed by atoms with Gasteiger partial charge in [-0.1, -0.05) is 18.2 Å². The number of nitrogens with one attached hydrogen (secondary N) is 1. The molecule has 1 heterocycles. The Morgan fingerprint density at radius 1 is 1.10 bits per heavy atom. The number of ether oxygens (including phenoxy) is 2. The average Bonchev–Trinajstić information content (AvgIpc) is 3.00. The number of carbonyl (C=O) groups is 1. The minimum absolute atomic E-state index is 0.139. The summed E-state index contributed by atoms with van der Waals surface area (Å²) in [6, 6.07) is 11.7. The van der Waals surface area contributed by atoms with Gasteiger partial charge in [0.1, 0.15) is 22.8 Å². The van der Waals surface area contributed by atoms with E-state index in [0.717, 1.165) is 44.7 Å². The summed E-state index contributed by atoms with van der Waals surface area (Å²) in [7, 11) is 3.27. The fourth-order valence-corrected chi connectivity index (χ4v) is 3.40. The van der Waals surface area contributed by atoms with E-state index >= 15 is 0 Å². The molecular weight excluding hydrogens is 366 g/mol. The molecule has 0 unspecified atom stereocenters. The number of rotatable bonds is 7. The standard InChI is InChI=1S/C24H27NO4/c1-15(12-24(26)25-11-10-18-8-6-7-9-21(18)27-4)19-13-20-16(2)17(3)29-23(20)14-22(19)28-5/h6-9,12-14H,10-11H2,1-5H3,(H,25,26)/b15-12+. The highest BCUT2D eigenvalue weighted by atomic mass is 16.5. The van der Waals surface area contributed by atoms with Gasteiger partial charge in [-0.15, -0.1) is 0 Å². The van der Waals surface area contributed by atoms with Crippen LogP contribution in [0, 0.1) is 13.8 Å². The number of amides is 1. The summed E-state index contributed by atoms with van der Waals surface area (Å²) in [4.78, 5) is 12.4. The highest BCUT2D eigenvalue weighted by Gasteiger charge is 2.14. The quantitative estimate of drug-likeness (QED) is 0.584. The van der Waals surface area contributed by atoms with Crippen LogP contribution in [-0.2, 0) is 11.2 Å². The fourth-order valence-electron chi connectivity index (χ4n) is 3.40. The maximum atomic E-state index is 12.4. The first kappa shape index (κ1) is 20.5. The van der Waals surface area contributed by atoms with E-state index in [1.807, 2.05) is 57.2 Å². The summed E-state index contributed by atoms with van der Waals surface area (Å²) in [6.45, 7) is 6.41. The van der Waals surface area contributed by atoms with Gasteiger partial charge in [0, 0.05) is 29.6 Å².